The van der Waals surface area contributed by atoms with Crippen LogP contribution in [0, 0.1) is 0 Å². The van der Waals surface area contributed by atoms with Crippen molar-refractivity contribution in [3.05, 3.63) is 47.6 Å². The highest BCUT2D eigenvalue weighted by atomic mass is 19.4. The molecule has 118 valence electrons. The molecule has 0 saturated heterocycles. The molecule has 1 atom stereocenters. The lowest BCUT2D eigenvalue weighted by Gasteiger charge is -2.10. The van der Waals surface area contributed by atoms with E-state index in [9.17, 15) is 18.0 Å². The second-order valence-corrected chi connectivity index (χ2v) is 4.80. The first kappa shape index (κ1) is 16.0. The standard InChI is InChI=1S/C14H14F3N3O2/c1-9(12-18-8-22-20-12)19-13(21)11-4-2-10(3-5-11)6-7-14(15,16)17/h2-5,8-9H,6-7H2,1H3,(H,19,21)/t9-/m1/s1. The molecule has 0 radical (unpaired) electrons. The lowest BCUT2D eigenvalue weighted by atomic mass is 10.1. The van der Waals surface area contributed by atoms with Crippen LogP contribution in [-0.2, 0) is 6.42 Å². The quantitative estimate of drug-likeness (QED) is 0.921. The van der Waals surface area contributed by atoms with Gasteiger partial charge in [-0.15, -0.1) is 0 Å². The number of rotatable bonds is 5. The molecule has 1 N–H and O–H groups in total. The first-order valence-electron chi connectivity index (χ1n) is 6.58. The molecule has 2 rings (SSSR count). The first-order chi connectivity index (χ1) is 10.3. The molecule has 1 aromatic heterocycles. The Hall–Kier alpha value is -2.38. The van der Waals surface area contributed by atoms with Crippen molar-refractivity contribution < 1.29 is 22.5 Å². The Morgan fingerprint density at radius 3 is 2.55 bits per heavy atom. The van der Waals surface area contributed by atoms with Crippen LogP contribution in [0.4, 0.5) is 13.2 Å². The maximum Gasteiger partial charge on any atom is 0.389 e. The van der Waals surface area contributed by atoms with Crippen molar-refractivity contribution in [2.45, 2.75) is 32.0 Å². The fourth-order valence-corrected chi connectivity index (χ4v) is 1.82. The number of nitrogens with zero attached hydrogens (tertiary/aromatic N) is 2. The van der Waals surface area contributed by atoms with E-state index >= 15 is 0 Å². The number of aromatic nitrogens is 2. The van der Waals surface area contributed by atoms with Crippen LogP contribution in [0.3, 0.4) is 0 Å². The number of carbonyl (C=O) groups is 1. The summed E-state index contributed by atoms with van der Waals surface area (Å²) in [5.74, 6) is -0.0187. The van der Waals surface area contributed by atoms with Gasteiger partial charge < -0.3 is 9.84 Å². The summed E-state index contributed by atoms with van der Waals surface area (Å²) < 4.78 is 41.0. The van der Waals surface area contributed by atoms with Gasteiger partial charge in [0.2, 0.25) is 6.39 Å². The molecule has 22 heavy (non-hydrogen) atoms. The molecule has 0 fully saturated rings. The summed E-state index contributed by atoms with van der Waals surface area (Å²) in [5, 5.41) is 6.29. The van der Waals surface area contributed by atoms with Crippen LogP contribution in [0.25, 0.3) is 0 Å². The van der Waals surface area contributed by atoms with Crippen molar-refractivity contribution >= 4 is 5.91 Å². The zero-order valence-electron chi connectivity index (χ0n) is 11.7. The molecular weight excluding hydrogens is 299 g/mol. The van der Waals surface area contributed by atoms with E-state index in [4.69, 9.17) is 0 Å². The van der Waals surface area contributed by atoms with Gasteiger partial charge in [0.05, 0.1) is 6.04 Å². The van der Waals surface area contributed by atoms with Crippen molar-refractivity contribution in [2.24, 2.45) is 0 Å². The minimum absolute atomic E-state index is 0.106. The van der Waals surface area contributed by atoms with Crippen LogP contribution in [0.1, 0.15) is 41.1 Å². The number of halogens is 3. The van der Waals surface area contributed by atoms with Gasteiger partial charge in [0.25, 0.3) is 5.91 Å². The number of benzene rings is 1. The minimum Gasteiger partial charge on any atom is -0.343 e. The highest BCUT2D eigenvalue weighted by Gasteiger charge is 2.26. The summed E-state index contributed by atoms with van der Waals surface area (Å²) in [5.41, 5.74) is 0.881. The van der Waals surface area contributed by atoms with Crippen molar-refractivity contribution in [1.29, 1.82) is 0 Å². The topological polar surface area (TPSA) is 68.0 Å². The van der Waals surface area contributed by atoms with Gasteiger partial charge in [-0.05, 0) is 31.0 Å². The van der Waals surface area contributed by atoms with Crippen LogP contribution >= 0.6 is 0 Å². The van der Waals surface area contributed by atoms with E-state index < -0.39 is 18.6 Å². The molecule has 0 aliphatic rings. The molecule has 0 bridgehead atoms. The molecule has 5 nitrogen and oxygen atoms in total. The lowest BCUT2D eigenvalue weighted by molar-refractivity contribution is -0.134. The highest BCUT2D eigenvalue weighted by Crippen LogP contribution is 2.22. The van der Waals surface area contributed by atoms with Gasteiger partial charge in [0, 0.05) is 12.0 Å². The van der Waals surface area contributed by atoms with Crippen molar-refractivity contribution in [3.8, 4) is 0 Å². The predicted octanol–water partition coefficient (Wildman–Crippen LogP) is 3.06. The number of nitrogens with one attached hydrogen (secondary N) is 1. The van der Waals surface area contributed by atoms with E-state index in [2.05, 4.69) is 20.0 Å². The van der Waals surface area contributed by atoms with Gasteiger partial charge in [0.1, 0.15) is 0 Å². The fourth-order valence-electron chi connectivity index (χ4n) is 1.82. The molecular formula is C14H14F3N3O2. The van der Waals surface area contributed by atoms with E-state index in [1.807, 2.05) is 0 Å². The Balaban J connectivity index is 1.93. The molecule has 1 amide bonds. The summed E-state index contributed by atoms with van der Waals surface area (Å²) in [7, 11) is 0. The number of hydrogen-bond acceptors (Lipinski definition) is 4. The van der Waals surface area contributed by atoms with Gasteiger partial charge in [-0.3, -0.25) is 4.79 Å². The van der Waals surface area contributed by atoms with Crippen LogP contribution in [0.2, 0.25) is 0 Å². The SMILES string of the molecule is C[C@@H](NC(=O)c1ccc(CCC(F)(F)F)cc1)c1ncon1. The number of alkyl halides is 3. The third kappa shape index (κ3) is 4.57. The summed E-state index contributed by atoms with van der Waals surface area (Å²) in [6.07, 6.45) is -4.01. The van der Waals surface area contributed by atoms with E-state index in [1.54, 1.807) is 6.92 Å². The number of aryl methyl sites for hydroxylation is 1. The molecule has 0 aliphatic heterocycles. The smallest absolute Gasteiger partial charge is 0.343 e. The number of carbonyl (C=O) groups excluding carboxylic acids is 1. The second kappa shape index (κ2) is 6.59. The average molecular weight is 313 g/mol. The Bertz CT molecular complexity index is 609. The Kier molecular flexibility index (Phi) is 4.79. The Morgan fingerprint density at radius 1 is 1.32 bits per heavy atom. The van der Waals surface area contributed by atoms with Crippen LogP contribution < -0.4 is 5.32 Å². The van der Waals surface area contributed by atoms with Crippen molar-refractivity contribution in [2.75, 3.05) is 0 Å². The van der Waals surface area contributed by atoms with Crippen LogP contribution in [0.15, 0.2) is 35.2 Å². The van der Waals surface area contributed by atoms with Gasteiger partial charge in [0.15, 0.2) is 5.82 Å². The maximum atomic E-state index is 12.1. The molecule has 8 heteroatoms. The van der Waals surface area contributed by atoms with Gasteiger partial charge >= 0.3 is 6.18 Å². The monoisotopic (exact) mass is 313 g/mol. The van der Waals surface area contributed by atoms with Crippen LogP contribution in [0.5, 0.6) is 0 Å². The normalized spacial score (nSPS) is 12.9. The third-order valence-electron chi connectivity index (χ3n) is 3.03. The highest BCUT2D eigenvalue weighted by molar-refractivity contribution is 5.94. The summed E-state index contributed by atoms with van der Waals surface area (Å²) in [4.78, 5) is 15.8. The molecule has 1 aromatic carbocycles. The van der Waals surface area contributed by atoms with Crippen molar-refractivity contribution in [1.82, 2.24) is 15.5 Å². The number of hydrogen-bond donors (Lipinski definition) is 1. The fraction of sp³-hybridized carbons (Fsp3) is 0.357. The molecule has 2 aromatic rings. The van der Waals surface area contributed by atoms with E-state index in [0.29, 0.717) is 17.0 Å². The molecule has 0 spiro atoms. The van der Waals surface area contributed by atoms with Gasteiger partial charge in [-0.1, -0.05) is 17.3 Å². The zero-order chi connectivity index (χ0) is 16.2. The van der Waals surface area contributed by atoms with Crippen LogP contribution in [-0.4, -0.2) is 22.2 Å². The number of amides is 1. The Labute approximate surface area is 124 Å². The van der Waals surface area contributed by atoms with E-state index in [0.717, 1.165) is 6.39 Å². The summed E-state index contributed by atoms with van der Waals surface area (Å²) >= 11 is 0. The largest absolute Gasteiger partial charge is 0.389 e. The predicted molar refractivity (Wildman–Crippen MR) is 71.0 cm³/mol. The molecule has 0 saturated carbocycles. The third-order valence-corrected chi connectivity index (χ3v) is 3.03. The Morgan fingerprint density at radius 2 is 2.00 bits per heavy atom. The first-order valence-corrected chi connectivity index (χ1v) is 6.58. The maximum absolute atomic E-state index is 12.1. The summed E-state index contributed by atoms with van der Waals surface area (Å²) in [6.45, 7) is 1.69. The minimum atomic E-state index is -4.18. The van der Waals surface area contributed by atoms with Gasteiger partial charge in [-0.2, -0.15) is 18.2 Å². The van der Waals surface area contributed by atoms with Gasteiger partial charge in [-0.25, -0.2) is 0 Å². The van der Waals surface area contributed by atoms with Crippen molar-refractivity contribution in [3.63, 3.8) is 0 Å². The van der Waals surface area contributed by atoms with E-state index in [1.165, 1.54) is 24.3 Å². The second-order valence-electron chi connectivity index (χ2n) is 4.80. The molecule has 0 aliphatic carbocycles. The average Bonchev–Trinajstić information content (AvgIpc) is 2.99. The van der Waals surface area contributed by atoms with E-state index in [-0.39, 0.29) is 12.3 Å². The zero-order valence-corrected chi connectivity index (χ0v) is 11.7. The molecule has 0 unspecified atom stereocenters. The summed E-state index contributed by atoms with van der Waals surface area (Å²) in [6, 6.07) is 5.57. The lowest BCUT2D eigenvalue weighted by Crippen LogP contribution is -2.27. The molecule has 1 heterocycles.